The summed E-state index contributed by atoms with van der Waals surface area (Å²) in [4.78, 5) is 0. The number of hydrogen-bond donors (Lipinski definition) is 2. The Labute approximate surface area is 123 Å². The van der Waals surface area contributed by atoms with Crippen LogP contribution in [0.1, 0.15) is 18.6 Å². The van der Waals surface area contributed by atoms with Gasteiger partial charge in [-0.25, -0.2) is 0 Å². The summed E-state index contributed by atoms with van der Waals surface area (Å²) in [6, 6.07) is 11.2. The van der Waals surface area contributed by atoms with Crippen LogP contribution >= 0.6 is 24.0 Å². The highest BCUT2D eigenvalue weighted by atomic mass is 35.5. The second-order valence-corrected chi connectivity index (χ2v) is 4.29. The van der Waals surface area contributed by atoms with E-state index in [0.717, 1.165) is 10.8 Å². The molecule has 0 heterocycles. The zero-order chi connectivity index (χ0) is 13.1. The van der Waals surface area contributed by atoms with E-state index in [0.29, 0.717) is 17.2 Å². The number of fused-ring (bicyclic) bond motifs is 1. The highest BCUT2D eigenvalue weighted by Crippen LogP contribution is 2.31. The molecule has 0 aromatic heterocycles. The normalized spacial score (nSPS) is 11.7. The molecule has 0 spiro atoms. The highest BCUT2D eigenvalue weighted by molar-refractivity contribution is 6.32. The summed E-state index contributed by atoms with van der Waals surface area (Å²) >= 11 is 6.13. The average molecular weight is 300 g/mol. The molecule has 0 aliphatic carbocycles. The summed E-state index contributed by atoms with van der Waals surface area (Å²) < 4.78 is 5.04. The topological polar surface area (TPSA) is 53.3 Å². The average Bonchev–Trinajstić information content (AvgIpc) is 2.38. The number of ether oxygens (including phenoxy) is 1. The molecule has 2 aromatic rings. The van der Waals surface area contributed by atoms with Crippen molar-refractivity contribution in [2.75, 3.05) is 6.61 Å². The zero-order valence-corrected chi connectivity index (χ0v) is 12.0. The van der Waals surface area contributed by atoms with E-state index in [9.17, 15) is 5.11 Å². The Hall–Kier alpha value is -1.29. The summed E-state index contributed by atoms with van der Waals surface area (Å²) in [7, 11) is 0. The van der Waals surface area contributed by atoms with Crippen LogP contribution in [0.2, 0.25) is 5.02 Å². The lowest BCUT2D eigenvalue weighted by molar-refractivity contribution is 0.191. The minimum absolute atomic E-state index is 0. The molecule has 2 rings (SSSR count). The van der Waals surface area contributed by atoms with Gasteiger partial charge in [0, 0.05) is 10.6 Å². The van der Waals surface area contributed by atoms with E-state index < -0.39 is 6.10 Å². The van der Waals surface area contributed by atoms with E-state index in [4.69, 9.17) is 21.7 Å². The van der Waals surface area contributed by atoms with Crippen molar-refractivity contribution in [3.8, 4) is 0 Å². The van der Waals surface area contributed by atoms with E-state index in [1.165, 1.54) is 0 Å². The Morgan fingerprint density at radius 2 is 2.00 bits per heavy atom. The predicted molar refractivity (Wildman–Crippen MR) is 80.5 cm³/mol. The molecule has 0 fully saturated rings. The summed E-state index contributed by atoms with van der Waals surface area (Å²) in [5, 5.41) is 20.1. The van der Waals surface area contributed by atoms with Crippen LogP contribution in [0.15, 0.2) is 36.4 Å². The van der Waals surface area contributed by atoms with Gasteiger partial charge in [0.2, 0.25) is 5.90 Å². The van der Waals surface area contributed by atoms with E-state index >= 15 is 0 Å². The molecule has 0 saturated carbocycles. The largest absolute Gasteiger partial charge is 0.479 e. The molecule has 0 saturated heterocycles. The number of benzene rings is 2. The van der Waals surface area contributed by atoms with Gasteiger partial charge in [-0.3, -0.25) is 5.41 Å². The maximum atomic E-state index is 10.2. The molecule has 2 aromatic carbocycles. The fourth-order valence-electron chi connectivity index (χ4n) is 1.91. The second-order valence-electron chi connectivity index (χ2n) is 3.88. The monoisotopic (exact) mass is 299 g/mol. The van der Waals surface area contributed by atoms with Crippen molar-refractivity contribution >= 4 is 40.7 Å². The molecule has 0 bridgehead atoms. The van der Waals surface area contributed by atoms with Gasteiger partial charge in [0.25, 0.3) is 0 Å². The Morgan fingerprint density at radius 3 is 2.68 bits per heavy atom. The Bertz CT molecular complexity index is 587. The first-order chi connectivity index (χ1) is 8.65. The molecule has 0 radical (unpaired) electrons. The van der Waals surface area contributed by atoms with Gasteiger partial charge in [-0.1, -0.05) is 41.9 Å². The minimum atomic E-state index is -1.14. The van der Waals surface area contributed by atoms with Crippen molar-refractivity contribution in [2.45, 2.75) is 13.0 Å². The van der Waals surface area contributed by atoms with Crippen LogP contribution in [0.3, 0.4) is 0 Å². The van der Waals surface area contributed by atoms with Gasteiger partial charge in [-0.05, 0) is 23.8 Å². The zero-order valence-electron chi connectivity index (χ0n) is 10.4. The smallest absolute Gasteiger partial charge is 0.215 e. The number of halogens is 2. The van der Waals surface area contributed by atoms with E-state index in [1.54, 1.807) is 13.0 Å². The van der Waals surface area contributed by atoms with Gasteiger partial charge in [0.05, 0.1) is 6.61 Å². The third kappa shape index (κ3) is 3.18. The number of aliphatic hydroxyl groups is 1. The third-order valence-corrected chi connectivity index (χ3v) is 3.07. The summed E-state index contributed by atoms with van der Waals surface area (Å²) in [5.74, 6) is -0.184. The molecule has 102 valence electrons. The molecule has 2 N–H and O–H groups in total. The lowest BCUT2D eigenvalue weighted by atomic mass is 10.00. The van der Waals surface area contributed by atoms with Gasteiger partial charge in [0.15, 0.2) is 6.10 Å². The predicted octanol–water partition coefficient (Wildman–Crippen LogP) is 3.96. The summed E-state index contributed by atoms with van der Waals surface area (Å²) in [5.41, 5.74) is 0.521. The van der Waals surface area contributed by atoms with Crippen LogP contribution in [-0.2, 0) is 4.74 Å². The first kappa shape index (κ1) is 15.8. The van der Waals surface area contributed by atoms with E-state index in [-0.39, 0.29) is 18.3 Å². The number of aliphatic hydroxyl groups excluding tert-OH is 1. The standard InChI is InChI=1S/C14H14ClNO2.ClH/c1-2-18-14(16)13(17)12-10-6-4-3-5-9(10)7-8-11(12)15;/h3-8,13,16-17H,2H2,1H3;1H. The van der Waals surface area contributed by atoms with Crippen LogP contribution in [-0.4, -0.2) is 17.6 Å². The van der Waals surface area contributed by atoms with Gasteiger partial charge in [-0.2, -0.15) is 0 Å². The van der Waals surface area contributed by atoms with Gasteiger partial charge < -0.3 is 9.84 Å². The minimum Gasteiger partial charge on any atom is -0.479 e. The first-order valence-electron chi connectivity index (χ1n) is 5.71. The number of hydrogen-bond acceptors (Lipinski definition) is 3. The molecular formula is C14H15Cl2NO2. The Morgan fingerprint density at radius 1 is 1.32 bits per heavy atom. The van der Waals surface area contributed by atoms with Crippen molar-refractivity contribution in [1.82, 2.24) is 0 Å². The van der Waals surface area contributed by atoms with Crippen molar-refractivity contribution < 1.29 is 9.84 Å². The Balaban J connectivity index is 0.00000180. The van der Waals surface area contributed by atoms with Crippen LogP contribution in [0.5, 0.6) is 0 Å². The lowest BCUT2D eigenvalue weighted by Gasteiger charge is -2.16. The van der Waals surface area contributed by atoms with E-state index in [2.05, 4.69) is 0 Å². The molecule has 1 atom stereocenters. The second kappa shape index (κ2) is 6.75. The lowest BCUT2D eigenvalue weighted by Crippen LogP contribution is -2.15. The molecule has 0 aliphatic heterocycles. The van der Waals surface area contributed by atoms with Gasteiger partial charge in [-0.15, -0.1) is 12.4 Å². The quantitative estimate of drug-likeness (QED) is 0.666. The van der Waals surface area contributed by atoms with Crippen LogP contribution in [0, 0.1) is 5.41 Å². The fourth-order valence-corrected chi connectivity index (χ4v) is 2.18. The van der Waals surface area contributed by atoms with Crippen LogP contribution in [0.25, 0.3) is 10.8 Å². The summed E-state index contributed by atoms with van der Waals surface area (Å²) in [6.07, 6.45) is -1.14. The maximum absolute atomic E-state index is 10.2. The highest BCUT2D eigenvalue weighted by Gasteiger charge is 2.20. The molecule has 0 aliphatic rings. The Kier molecular flexibility index (Phi) is 5.60. The van der Waals surface area contributed by atoms with Crippen LogP contribution < -0.4 is 0 Å². The first-order valence-corrected chi connectivity index (χ1v) is 6.09. The van der Waals surface area contributed by atoms with Gasteiger partial charge >= 0.3 is 0 Å². The van der Waals surface area contributed by atoms with Crippen molar-refractivity contribution in [3.05, 3.63) is 47.0 Å². The number of rotatable bonds is 3. The van der Waals surface area contributed by atoms with Gasteiger partial charge in [0.1, 0.15) is 0 Å². The van der Waals surface area contributed by atoms with Crippen molar-refractivity contribution in [2.24, 2.45) is 0 Å². The fraction of sp³-hybridized carbons (Fsp3) is 0.214. The third-order valence-electron chi connectivity index (χ3n) is 2.74. The molecule has 5 heteroatoms. The van der Waals surface area contributed by atoms with Crippen LogP contribution in [0.4, 0.5) is 0 Å². The number of nitrogens with one attached hydrogen (secondary N) is 1. The van der Waals surface area contributed by atoms with Crippen molar-refractivity contribution in [3.63, 3.8) is 0 Å². The molecule has 1 unspecified atom stereocenters. The molecule has 0 amide bonds. The van der Waals surface area contributed by atoms with E-state index in [1.807, 2.05) is 30.3 Å². The molecule has 19 heavy (non-hydrogen) atoms. The van der Waals surface area contributed by atoms with Crippen molar-refractivity contribution in [1.29, 1.82) is 5.41 Å². The molecular weight excluding hydrogens is 285 g/mol. The SMILES string of the molecule is CCOC(=N)C(O)c1c(Cl)ccc2ccccc12.Cl. The maximum Gasteiger partial charge on any atom is 0.215 e. The molecule has 3 nitrogen and oxygen atoms in total. The summed E-state index contributed by atoms with van der Waals surface area (Å²) in [6.45, 7) is 2.12.